The van der Waals surface area contributed by atoms with E-state index in [0.29, 0.717) is 12.0 Å². The third-order valence-electron chi connectivity index (χ3n) is 3.09. The SMILES string of the molecule is CCC(O)(O)c1ccccc1.O=C(O)c1cccc(C(=O)O)c1. The maximum Gasteiger partial charge on any atom is 0.335 e. The molecule has 0 fully saturated rings. The molecule has 0 heterocycles. The normalized spacial score (nSPS) is 10.4. The van der Waals surface area contributed by atoms with Crippen molar-refractivity contribution in [3.05, 3.63) is 71.3 Å². The van der Waals surface area contributed by atoms with Gasteiger partial charge in [-0.3, -0.25) is 0 Å². The summed E-state index contributed by atoms with van der Waals surface area (Å²) in [6, 6.07) is 14.0. The number of aliphatic hydroxyl groups is 2. The highest BCUT2D eigenvalue weighted by Gasteiger charge is 2.21. The summed E-state index contributed by atoms with van der Waals surface area (Å²) in [6.45, 7) is 1.73. The molecule has 122 valence electrons. The van der Waals surface area contributed by atoms with E-state index in [4.69, 9.17) is 10.2 Å². The van der Waals surface area contributed by atoms with E-state index in [1.54, 1.807) is 31.2 Å². The van der Waals surface area contributed by atoms with Crippen LogP contribution in [-0.2, 0) is 5.79 Å². The average molecular weight is 318 g/mol. The Balaban J connectivity index is 0.000000231. The lowest BCUT2D eigenvalue weighted by Gasteiger charge is -2.19. The minimum atomic E-state index is -1.67. The van der Waals surface area contributed by atoms with E-state index in [1.165, 1.54) is 18.2 Å². The van der Waals surface area contributed by atoms with E-state index in [1.807, 2.05) is 6.07 Å². The second-order valence-corrected chi connectivity index (χ2v) is 4.73. The smallest absolute Gasteiger partial charge is 0.335 e. The molecule has 0 aliphatic rings. The molecule has 23 heavy (non-hydrogen) atoms. The molecule has 6 nitrogen and oxygen atoms in total. The first kappa shape index (κ1) is 18.3. The monoisotopic (exact) mass is 318 g/mol. The first-order chi connectivity index (χ1) is 10.8. The van der Waals surface area contributed by atoms with Crippen LogP contribution in [-0.4, -0.2) is 32.4 Å². The van der Waals surface area contributed by atoms with Crippen LogP contribution in [0.2, 0.25) is 0 Å². The molecule has 0 aliphatic heterocycles. The predicted octanol–water partition coefficient (Wildman–Crippen LogP) is 2.32. The standard InChI is InChI=1S/C9H12O2.C8H6O4/c1-2-9(10,11)8-6-4-3-5-7-8;9-7(10)5-2-1-3-6(4-5)8(11)12/h3-7,10-11H,2H2,1H3;1-4H,(H,9,10)(H,11,12). The Morgan fingerprint density at radius 1 is 0.870 bits per heavy atom. The summed E-state index contributed by atoms with van der Waals surface area (Å²) in [7, 11) is 0. The Morgan fingerprint density at radius 3 is 1.74 bits per heavy atom. The van der Waals surface area contributed by atoms with Gasteiger partial charge in [-0.1, -0.05) is 43.3 Å². The lowest BCUT2D eigenvalue weighted by Crippen LogP contribution is -2.23. The summed E-state index contributed by atoms with van der Waals surface area (Å²) >= 11 is 0. The van der Waals surface area contributed by atoms with Crippen LogP contribution in [0.25, 0.3) is 0 Å². The van der Waals surface area contributed by atoms with E-state index in [0.717, 1.165) is 6.07 Å². The molecule has 6 heteroatoms. The van der Waals surface area contributed by atoms with E-state index in [9.17, 15) is 19.8 Å². The highest BCUT2D eigenvalue weighted by Crippen LogP contribution is 2.20. The predicted molar refractivity (Wildman–Crippen MR) is 83.2 cm³/mol. The zero-order chi connectivity index (χ0) is 17.5. The van der Waals surface area contributed by atoms with Crippen molar-refractivity contribution in [3.8, 4) is 0 Å². The maximum absolute atomic E-state index is 10.4. The molecule has 2 aromatic carbocycles. The molecule has 4 N–H and O–H groups in total. The van der Waals surface area contributed by atoms with Gasteiger partial charge in [-0.2, -0.15) is 0 Å². The molecule has 0 saturated carbocycles. The molecule has 2 aromatic rings. The van der Waals surface area contributed by atoms with Crippen molar-refractivity contribution in [2.45, 2.75) is 19.1 Å². The van der Waals surface area contributed by atoms with E-state index < -0.39 is 17.7 Å². The third-order valence-corrected chi connectivity index (χ3v) is 3.09. The van der Waals surface area contributed by atoms with Crippen LogP contribution in [0.4, 0.5) is 0 Å². The van der Waals surface area contributed by atoms with Gasteiger partial charge < -0.3 is 20.4 Å². The van der Waals surface area contributed by atoms with Gasteiger partial charge in [0.25, 0.3) is 0 Å². The average Bonchev–Trinajstić information content (AvgIpc) is 2.56. The summed E-state index contributed by atoms with van der Waals surface area (Å²) in [5, 5.41) is 35.7. The van der Waals surface area contributed by atoms with Crippen molar-refractivity contribution in [2.75, 3.05) is 0 Å². The molecular weight excluding hydrogens is 300 g/mol. The fourth-order valence-electron chi connectivity index (χ4n) is 1.69. The third kappa shape index (κ3) is 5.54. The molecule has 0 spiro atoms. The van der Waals surface area contributed by atoms with Gasteiger partial charge in [0.05, 0.1) is 11.1 Å². The number of carboxylic acids is 2. The minimum absolute atomic E-state index is 0.0186. The second-order valence-electron chi connectivity index (χ2n) is 4.73. The van der Waals surface area contributed by atoms with E-state index in [2.05, 4.69) is 0 Å². The fourth-order valence-corrected chi connectivity index (χ4v) is 1.69. The molecule has 0 bridgehead atoms. The molecule has 2 rings (SSSR count). The summed E-state index contributed by atoms with van der Waals surface area (Å²) in [5.41, 5.74) is 0.507. The highest BCUT2D eigenvalue weighted by atomic mass is 16.5. The molecule has 0 unspecified atom stereocenters. The highest BCUT2D eigenvalue weighted by molar-refractivity contribution is 5.93. The van der Waals surface area contributed by atoms with Crippen LogP contribution in [0.15, 0.2) is 54.6 Å². The van der Waals surface area contributed by atoms with Crippen LogP contribution >= 0.6 is 0 Å². The first-order valence-electron chi connectivity index (χ1n) is 6.85. The largest absolute Gasteiger partial charge is 0.478 e. The van der Waals surface area contributed by atoms with Crippen LogP contribution in [0.1, 0.15) is 39.6 Å². The van der Waals surface area contributed by atoms with Crippen molar-refractivity contribution in [3.63, 3.8) is 0 Å². The first-order valence-corrected chi connectivity index (χ1v) is 6.85. The Morgan fingerprint density at radius 2 is 1.35 bits per heavy atom. The van der Waals surface area contributed by atoms with Gasteiger partial charge in [0.15, 0.2) is 5.79 Å². The zero-order valence-electron chi connectivity index (χ0n) is 12.5. The van der Waals surface area contributed by atoms with E-state index >= 15 is 0 Å². The van der Waals surface area contributed by atoms with Gasteiger partial charge >= 0.3 is 11.9 Å². The van der Waals surface area contributed by atoms with Crippen LogP contribution in [0, 0.1) is 0 Å². The Hall–Kier alpha value is -2.70. The number of hydrogen-bond donors (Lipinski definition) is 4. The maximum atomic E-state index is 10.4. The number of carbonyl (C=O) groups is 2. The zero-order valence-corrected chi connectivity index (χ0v) is 12.5. The lowest BCUT2D eigenvalue weighted by atomic mass is 10.0. The Labute approximate surface area is 133 Å². The number of aromatic carboxylic acids is 2. The summed E-state index contributed by atoms with van der Waals surface area (Å²) in [6.07, 6.45) is 0.303. The number of benzene rings is 2. The Bertz CT molecular complexity index is 635. The van der Waals surface area contributed by atoms with Crippen molar-refractivity contribution < 1.29 is 30.0 Å². The number of carboxylic acid groups (broad SMARTS) is 2. The Kier molecular flexibility index (Phi) is 6.44. The van der Waals surface area contributed by atoms with Gasteiger partial charge in [0, 0.05) is 12.0 Å². The number of hydrogen-bond acceptors (Lipinski definition) is 4. The lowest BCUT2D eigenvalue weighted by molar-refractivity contribution is -0.171. The molecule has 0 radical (unpaired) electrons. The second kappa shape index (κ2) is 8.07. The summed E-state index contributed by atoms with van der Waals surface area (Å²) in [4.78, 5) is 20.8. The van der Waals surface area contributed by atoms with Crippen molar-refractivity contribution in [1.82, 2.24) is 0 Å². The van der Waals surface area contributed by atoms with Crippen LogP contribution < -0.4 is 0 Å². The van der Waals surface area contributed by atoms with Crippen LogP contribution in [0.3, 0.4) is 0 Å². The summed E-state index contributed by atoms with van der Waals surface area (Å²) < 4.78 is 0. The molecule has 0 aliphatic carbocycles. The van der Waals surface area contributed by atoms with Crippen molar-refractivity contribution >= 4 is 11.9 Å². The van der Waals surface area contributed by atoms with Crippen molar-refractivity contribution in [1.29, 1.82) is 0 Å². The quantitative estimate of drug-likeness (QED) is 0.643. The van der Waals surface area contributed by atoms with Gasteiger partial charge in [-0.15, -0.1) is 0 Å². The van der Waals surface area contributed by atoms with Crippen molar-refractivity contribution in [2.24, 2.45) is 0 Å². The molecule has 0 amide bonds. The molecule has 0 aromatic heterocycles. The van der Waals surface area contributed by atoms with Crippen LogP contribution in [0.5, 0.6) is 0 Å². The molecule has 0 atom stereocenters. The van der Waals surface area contributed by atoms with Gasteiger partial charge in [0.2, 0.25) is 0 Å². The number of rotatable bonds is 4. The fraction of sp³-hybridized carbons (Fsp3) is 0.176. The molecular formula is C17H18O6. The van der Waals surface area contributed by atoms with Gasteiger partial charge in [-0.25, -0.2) is 9.59 Å². The van der Waals surface area contributed by atoms with Gasteiger partial charge in [0.1, 0.15) is 0 Å². The molecule has 0 saturated heterocycles. The summed E-state index contributed by atoms with van der Waals surface area (Å²) in [5.74, 6) is -3.92. The topological polar surface area (TPSA) is 115 Å². The van der Waals surface area contributed by atoms with E-state index in [-0.39, 0.29) is 11.1 Å². The minimum Gasteiger partial charge on any atom is -0.478 e. The van der Waals surface area contributed by atoms with Gasteiger partial charge in [-0.05, 0) is 18.2 Å².